The van der Waals surface area contributed by atoms with Gasteiger partial charge in [-0.2, -0.15) is 10.5 Å². The molecule has 0 saturated carbocycles. The maximum Gasteiger partial charge on any atom is 0.243 e. The monoisotopic (exact) mass is 388 g/mol. The third-order valence-corrected chi connectivity index (χ3v) is 5.39. The Hall–Kier alpha value is -2.48. The number of hydrogen-bond acceptors (Lipinski definition) is 5. The van der Waals surface area contributed by atoms with Crippen LogP contribution in [0.5, 0.6) is 0 Å². The molecule has 1 aromatic rings. The maximum absolute atomic E-state index is 12.2. The van der Waals surface area contributed by atoms with Crippen LogP contribution in [0.3, 0.4) is 0 Å². The first-order valence-electron chi connectivity index (χ1n) is 7.74. The van der Waals surface area contributed by atoms with Crippen molar-refractivity contribution in [2.24, 2.45) is 11.3 Å². The minimum atomic E-state index is -0.954. The normalized spacial score (nSPS) is 18.5. The number of amides is 2. The molecule has 8 heteroatoms. The molecule has 0 aliphatic carbocycles. The lowest BCUT2D eigenvalue weighted by Crippen LogP contribution is -2.44. The predicted octanol–water partition coefficient (Wildman–Crippen LogP) is 3.35. The third-order valence-electron chi connectivity index (χ3n) is 4.15. The summed E-state index contributed by atoms with van der Waals surface area (Å²) in [5.41, 5.74) is 0.845. The van der Waals surface area contributed by atoms with Gasteiger partial charge < -0.3 is 10.6 Å². The fraction of sp³-hybridized carbons (Fsp3) is 0.333. The molecule has 1 aliphatic rings. The first kappa shape index (κ1) is 19.8. The van der Waals surface area contributed by atoms with E-state index in [9.17, 15) is 20.1 Å². The summed E-state index contributed by atoms with van der Waals surface area (Å²) in [5.74, 6) is -1.71. The molecule has 1 atom stereocenters. The number of thioether (sulfide) groups is 1. The van der Waals surface area contributed by atoms with E-state index in [1.165, 1.54) is 0 Å². The van der Waals surface area contributed by atoms with Gasteiger partial charge in [-0.3, -0.25) is 9.59 Å². The quantitative estimate of drug-likeness (QED) is 0.822. The highest BCUT2D eigenvalue weighted by atomic mass is 35.5. The smallest absolute Gasteiger partial charge is 0.243 e. The van der Waals surface area contributed by atoms with Crippen molar-refractivity contribution in [2.75, 3.05) is 11.1 Å². The molecule has 1 aromatic carbocycles. The molecule has 0 unspecified atom stereocenters. The molecule has 2 N–H and O–H groups in total. The largest absolute Gasteiger partial charge is 0.325 e. The van der Waals surface area contributed by atoms with Crippen molar-refractivity contribution in [1.82, 2.24) is 5.32 Å². The Bertz CT molecular complexity index is 880. The van der Waals surface area contributed by atoms with Crippen LogP contribution in [0.25, 0.3) is 0 Å². The maximum atomic E-state index is 12.2. The van der Waals surface area contributed by atoms with Gasteiger partial charge in [0.2, 0.25) is 11.8 Å². The van der Waals surface area contributed by atoms with Crippen molar-refractivity contribution in [3.63, 3.8) is 0 Å². The Morgan fingerprint density at radius 2 is 2.12 bits per heavy atom. The van der Waals surface area contributed by atoms with Crippen LogP contribution in [0.2, 0.25) is 5.02 Å². The van der Waals surface area contributed by atoms with Crippen molar-refractivity contribution in [3.8, 4) is 12.1 Å². The summed E-state index contributed by atoms with van der Waals surface area (Å²) in [7, 11) is 0. The van der Waals surface area contributed by atoms with Gasteiger partial charge in [0, 0.05) is 16.1 Å². The van der Waals surface area contributed by atoms with Crippen molar-refractivity contribution in [1.29, 1.82) is 10.5 Å². The van der Waals surface area contributed by atoms with E-state index in [0.29, 0.717) is 21.3 Å². The van der Waals surface area contributed by atoms with Gasteiger partial charge in [-0.1, -0.05) is 43.3 Å². The number of aryl methyl sites for hydroxylation is 1. The van der Waals surface area contributed by atoms with Gasteiger partial charge in [0.1, 0.15) is 5.92 Å². The Kier molecular flexibility index (Phi) is 5.97. The molecule has 2 amide bonds. The average molecular weight is 389 g/mol. The van der Waals surface area contributed by atoms with Crippen LogP contribution in [0.4, 0.5) is 5.69 Å². The molecule has 1 aliphatic heterocycles. The van der Waals surface area contributed by atoms with E-state index in [0.717, 1.165) is 17.3 Å². The zero-order valence-electron chi connectivity index (χ0n) is 14.5. The van der Waals surface area contributed by atoms with E-state index in [2.05, 4.69) is 16.7 Å². The minimum absolute atomic E-state index is 0.0000465. The summed E-state index contributed by atoms with van der Waals surface area (Å²) in [6.07, 6.45) is 0. The van der Waals surface area contributed by atoms with E-state index in [1.807, 2.05) is 13.0 Å². The molecule has 1 heterocycles. The lowest BCUT2D eigenvalue weighted by molar-refractivity contribution is -0.125. The zero-order chi connectivity index (χ0) is 19.5. The van der Waals surface area contributed by atoms with Crippen molar-refractivity contribution in [3.05, 3.63) is 39.4 Å². The van der Waals surface area contributed by atoms with E-state index in [1.54, 1.807) is 32.0 Å². The number of nitrogens with zero attached hydrogens (tertiary/aromatic N) is 2. The number of carbonyl (C=O) groups excluding carboxylic acids is 2. The fourth-order valence-corrected chi connectivity index (χ4v) is 3.73. The highest BCUT2D eigenvalue weighted by Gasteiger charge is 2.44. The van der Waals surface area contributed by atoms with Gasteiger partial charge >= 0.3 is 0 Å². The molecular weight excluding hydrogens is 372 g/mol. The number of anilines is 1. The van der Waals surface area contributed by atoms with Crippen LogP contribution in [0.1, 0.15) is 19.4 Å². The van der Waals surface area contributed by atoms with Crippen LogP contribution < -0.4 is 10.6 Å². The highest BCUT2D eigenvalue weighted by Crippen LogP contribution is 2.41. The molecule has 6 nitrogen and oxygen atoms in total. The Balaban J connectivity index is 2.15. The van der Waals surface area contributed by atoms with Crippen LogP contribution in [-0.2, 0) is 9.59 Å². The summed E-state index contributed by atoms with van der Waals surface area (Å²) >= 11 is 6.99. The standard InChI is InChI=1S/C18H17ClN4O2S/c1-10-4-5-11(19)6-14(10)22-15(24)9-26-17-13(8-21)18(2,3)12(7-20)16(25)23-17/h4-6,12H,9H2,1-3H3,(H,22,24)(H,23,25)/t12-/m1/s1. The predicted molar refractivity (Wildman–Crippen MR) is 101 cm³/mol. The van der Waals surface area contributed by atoms with Gasteiger partial charge in [-0.25, -0.2) is 0 Å². The second kappa shape index (κ2) is 7.82. The van der Waals surface area contributed by atoms with Gasteiger partial charge in [0.15, 0.2) is 0 Å². The van der Waals surface area contributed by atoms with Gasteiger partial charge in [-0.15, -0.1) is 0 Å². The lowest BCUT2D eigenvalue weighted by Gasteiger charge is -2.34. The van der Waals surface area contributed by atoms with E-state index in [4.69, 9.17) is 11.6 Å². The zero-order valence-corrected chi connectivity index (χ0v) is 16.1. The van der Waals surface area contributed by atoms with Crippen molar-refractivity contribution in [2.45, 2.75) is 20.8 Å². The van der Waals surface area contributed by atoms with Crippen molar-refractivity contribution < 1.29 is 9.59 Å². The fourth-order valence-electron chi connectivity index (χ4n) is 2.59. The molecule has 0 spiro atoms. The van der Waals surface area contributed by atoms with E-state index in [-0.39, 0.29) is 11.7 Å². The topological polar surface area (TPSA) is 106 Å². The molecular formula is C18H17ClN4O2S. The van der Waals surface area contributed by atoms with Gasteiger partial charge in [0.25, 0.3) is 0 Å². The Morgan fingerprint density at radius 3 is 2.73 bits per heavy atom. The number of nitriles is 2. The Morgan fingerprint density at radius 1 is 1.42 bits per heavy atom. The van der Waals surface area contributed by atoms with Gasteiger partial charge in [-0.05, 0) is 24.6 Å². The number of halogens is 1. The third kappa shape index (κ3) is 4.01. The Labute approximate surface area is 161 Å². The second-order valence-corrected chi connectivity index (χ2v) is 7.81. The molecule has 0 bridgehead atoms. The van der Waals surface area contributed by atoms with Crippen LogP contribution in [-0.4, -0.2) is 17.6 Å². The number of nitrogens with one attached hydrogen (secondary N) is 2. The first-order chi connectivity index (χ1) is 12.2. The molecule has 0 saturated heterocycles. The molecule has 0 fully saturated rings. The van der Waals surface area contributed by atoms with Gasteiger partial charge in [0.05, 0.1) is 28.5 Å². The van der Waals surface area contributed by atoms with Crippen molar-refractivity contribution >= 4 is 40.9 Å². The van der Waals surface area contributed by atoms with Crippen LogP contribution in [0.15, 0.2) is 28.8 Å². The second-order valence-electron chi connectivity index (χ2n) is 6.39. The summed E-state index contributed by atoms with van der Waals surface area (Å²) in [6.45, 7) is 5.20. The van der Waals surface area contributed by atoms with Crippen LogP contribution >= 0.6 is 23.4 Å². The number of benzene rings is 1. The number of carbonyl (C=O) groups is 2. The van der Waals surface area contributed by atoms with E-state index < -0.39 is 17.2 Å². The molecule has 0 aromatic heterocycles. The number of allylic oxidation sites excluding steroid dienone is 1. The summed E-state index contributed by atoms with van der Waals surface area (Å²) < 4.78 is 0. The first-order valence-corrected chi connectivity index (χ1v) is 9.11. The number of rotatable bonds is 4. The highest BCUT2D eigenvalue weighted by molar-refractivity contribution is 8.03. The summed E-state index contributed by atoms with van der Waals surface area (Å²) in [4.78, 5) is 24.4. The summed E-state index contributed by atoms with van der Waals surface area (Å²) in [5, 5.41) is 24.8. The minimum Gasteiger partial charge on any atom is -0.325 e. The number of hydrogen-bond donors (Lipinski definition) is 2. The SMILES string of the molecule is Cc1ccc(Cl)cc1NC(=O)CSC1=C(C#N)C(C)(C)[C@H](C#N)C(=O)N1. The molecule has 134 valence electrons. The van der Waals surface area contributed by atoms with E-state index >= 15 is 0 Å². The molecule has 26 heavy (non-hydrogen) atoms. The average Bonchev–Trinajstić information content (AvgIpc) is 2.55. The molecule has 0 radical (unpaired) electrons. The lowest BCUT2D eigenvalue weighted by atomic mass is 9.72. The summed E-state index contributed by atoms with van der Waals surface area (Å²) in [6, 6.07) is 9.19. The van der Waals surface area contributed by atoms with Crippen LogP contribution in [0, 0.1) is 40.9 Å². The molecule has 2 rings (SSSR count).